The van der Waals surface area contributed by atoms with Crippen LogP contribution in [-0.2, 0) is 33.6 Å². The molecule has 6 N–H and O–H groups in total. The van der Waals surface area contributed by atoms with Crippen molar-refractivity contribution >= 4 is 85.6 Å². The van der Waals surface area contributed by atoms with Gasteiger partial charge in [-0.3, -0.25) is 28.8 Å². The summed E-state index contributed by atoms with van der Waals surface area (Å²) in [6.45, 7) is 14.4. The number of piperidine rings is 3. The van der Waals surface area contributed by atoms with Crippen LogP contribution in [0.25, 0.3) is 66.9 Å². The molecule has 15 rings (SSSR count). The topological polar surface area (TPSA) is 321 Å². The van der Waals surface area contributed by atoms with Crippen molar-refractivity contribution in [2.45, 2.75) is 95.2 Å². The number of carbonyl (C=O) groups is 6. The lowest BCUT2D eigenvalue weighted by Crippen LogP contribution is -2.40. The molecule has 3 unspecified atom stereocenters. The van der Waals surface area contributed by atoms with Gasteiger partial charge in [0.15, 0.2) is 34.3 Å². The smallest absolute Gasteiger partial charge is 0.246 e. The lowest BCUT2D eigenvalue weighted by Gasteiger charge is -2.32. The third-order valence-corrected chi connectivity index (χ3v) is 20.3. The fraction of sp³-hybridized carbons (Fsp3) is 0.250. The minimum atomic E-state index is -0.859. The molecule has 3 amide bonds. The molecule has 3 saturated heterocycles. The van der Waals surface area contributed by atoms with Crippen LogP contribution in [0.15, 0.2) is 203 Å². The molecule has 27 heteroatoms. The molecule has 564 valence electrons. The molecule has 0 aliphatic carbocycles. The number of nitrogens with two attached hydrogens (primary N) is 3. The summed E-state index contributed by atoms with van der Waals surface area (Å²) in [5.41, 5.74) is 28.8. The van der Waals surface area contributed by atoms with E-state index >= 15 is 0 Å². The molecule has 3 aliphatic rings. The summed E-state index contributed by atoms with van der Waals surface area (Å²) < 4.78 is 46.5. The van der Waals surface area contributed by atoms with Crippen molar-refractivity contribution < 1.29 is 41.9 Å². The van der Waals surface area contributed by atoms with Crippen LogP contribution >= 0.6 is 0 Å². The van der Waals surface area contributed by atoms with E-state index in [-0.39, 0.29) is 71.4 Å². The Morgan fingerprint density at radius 1 is 0.405 bits per heavy atom. The largest absolute Gasteiger partial charge is 0.383 e. The van der Waals surface area contributed by atoms with Crippen LogP contribution in [-0.4, -0.2) is 148 Å². The summed E-state index contributed by atoms with van der Waals surface area (Å²) in [6, 6.07) is 41.4. The monoisotopic (exact) mass is 1490 g/mol. The summed E-state index contributed by atoms with van der Waals surface area (Å²) in [5, 5.41) is 16.7. The number of likely N-dealkylation sites (tertiary alicyclic amines) is 3. The summed E-state index contributed by atoms with van der Waals surface area (Å²) >= 11 is 0. The Balaban J connectivity index is 0.000000146. The van der Waals surface area contributed by atoms with Crippen LogP contribution in [0.2, 0.25) is 0 Å². The van der Waals surface area contributed by atoms with Gasteiger partial charge in [-0.25, -0.2) is 57.1 Å². The minimum absolute atomic E-state index is 0.0172. The minimum Gasteiger partial charge on any atom is -0.383 e. The molecule has 111 heavy (non-hydrogen) atoms. The molecule has 3 atom stereocenters. The first-order valence-corrected chi connectivity index (χ1v) is 36.7. The van der Waals surface area contributed by atoms with Gasteiger partial charge in [0, 0.05) is 86.9 Å². The van der Waals surface area contributed by atoms with Crippen molar-refractivity contribution in [2.75, 3.05) is 56.5 Å². The van der Waals surface area contributed by atoms with Crippen LogP contribution in [0.3, 0.4) is 0 Å². The summed E-state index contributed by atoms with van der Waals surface area (Å²) in [4.78, 5) is 105. The SMILES string of the molecule is C=CC(=O)N1CCCC(n2nc(-c3ccc(CCC(=O)c4ccc(F)cc4F)cc3)c3c(N)ncnc32)C1.C=CC(=O)N1CCCC(n2nc(-c3ccc(CCC(=O)c4ccccc4)cc3)c3c(N)ncnc32)C1.C=CC(=O)N1CCCC(n2nc(-c3ccc(CCC(=O)c4ccccc4F)cc3)c3c(N)ncnc32)C1. The number of aromatic nitrogens is 12. The predicted octanol–water partition coefficient (Wildman–Crippen LogP) is 13.1. The van der Waals surface area contributed by atoms with Gasteiger partial charge >= 0.3 is 0 Å². The number of benzene rings is 6. The van der Waals surface area contributed by atoms with E-state index in [2.05, 4.69) is 49.6 Å². The van der Waals surface area contributed by atoms with Crippen LogP contribution < -0.4 is 17.2 Å². The van der Waals surface area contributed by atoms with Crippen LogP contribution in [0.1, 0.15) is 124 Å². The van der Waals surface area contributed by atoms with Gasteiger partial charge in [0.2, 0.25) is 17.7 Å². The van der Waals surface area contributed by atoms with Gasteiger partial charge in [-0.2, -0.15) is 15.3 Å². The number of carbonyl (C=O) groups excluding carboxylic acids is 6. The fourth-order valence-corrected chi connectivity index (χ4v) is 14.5. The van der Waals surface area contributed by atoms with Crippen molar-refractivity contribution in [3.63, 3.8) is 0 Å². The van der Waals surface area contributed by atoms with Crippen molar-refractivity contribution in [1.82, 2.24) is 73.9 Å². The van der Waals surface area contributed by atoms with Crippen molar-refractivity contribution in [1.29, 1.82) is 0 Å². The zero-order valence-electron chi connectivity index (χ0n) is 60.9. The molecule has 0 saturated carbocycles. The number of anilines is 3. The number of fused-ring (bicyclic) bond motifs is 3. The highest BCUT2D eigenvalue weighted by Crippen LogP contribution is 2.38. The second-order valence-corrected chi connectivity index (χ2v) is 27.4. The Bertz CT molecular complexity index is 5500. The van der Waals surface area contributed by atoms with Gasteiger partial charge in [-0.05, 0) is 117 Å². The standard InChI is InChI=1S/C28H26F2N6O2.C28H27FN6O2.C28H28N6O2/c1-2-24(38)35-13-3-4-20(15-35)36-28-25(27(31)32-16-33-28)26(34-36)18-8-5-17(6-9-18)7-12-23(37)21-11-10-19(29)14-22(21)30;1-2-24(37)34-15-5-6-20(16-34)35-28-25(27(30)31-17-32-28)26(33-35)19-12-9-18(10-13-19)11-14-23(36)21-7-3-4-8-22(21)29;1-2-24(36)33-16-6-9-22(17-33)34-28-25(27(29)30-18-31-28)26(32-34)21-13-10-19(11-14-21)12-15-23(35)20-7-4-3-5-8-20/h2,5-6,8-11,14,16,20H,1,3-4,7,12-13,15H2,(H2,31,32,33);2-4,7-10,12-13,17,20H,1,5-6,11,14-16H2,(H2,30,31,32);2-5,7-8,10-11,13-14,18,22H,1,6,9,12,15-17H2,(H2,29,30,31). The maximum atomic E-state index is 13.9. The quantitative estimate of drug-likeness (QED) is 0.0444. The molecule has 12 aromatic rings. The molecule has 6 aromatic heterocycles. The number of rotatable bonds is 21. The highest BCUT2D eigenvalue weighted by Gasteiger charge is 2.32. The van der Waals surface area contributed by atoms with E-state index in [1.165, 1.54) is 55.4 Å². The second-order valence-electron chi connectivity index (χ2n) is 27.4. The van der Waals surface area contributed by atoms with E-state index in [0.29, 0.717) is 139 Å². The molecular formula is C84H81F3N18O6. The van der Waals surface area contributed by atoms with Crippen molar-refractivity contribution in [2.24, 2.45) is 0 Å². The molecule has 3 aliphatic heterocycles. The molecule has 0 radical (unpaired) electrons. The van der Waals surface area contributed by atoms with E-state index in [1.54, 1.807) is 26.8 Å². The van der Waals surface area contributed by atoms with Crippen LogP contribution in [0.5, 0.6) is 0 Å². The van der Waals surface area contributed by atoms with Gasteiger partial charge < -0.3 is 31.9 Å². The number of nitrogen functional groups attached to an aromatic ring is 3. The van der Waals surface area contributed by atoms with E-state index < -0.39 is 23.2 Å². The average Bonchev–Trinajstić information content (AvgIpc) is 1.62. The normalized spacial score (nSPS) is 15.6. The van der Waals surface area contributed by atoms with E-state index in [0.717, 1.165) is 83.5 Å². The number of ketones is 3. The molecular weight excluding hydrogens is 1410 g/mol. The Kier molecular flexibility index (Phi) is 23.5. The first-order valence-electron chi connectivity index (χ1n) is 36.7. The predicted molar refractivity (Wildman–Crippen MR) is 418 cm³/mol. The van der Waals surface area contributed by atoms with Crippen molar-refractivity contribution in [3.05, 3.63) is 253 Å². The Morgan fingerprint density at radius 2 is 0.748 bits per heavy atom. The summed E-state index contributed by atoms with van der Waals surface area (Å²) in [5.74, 6) is -1.85. The second kappa shape index (κ2) is 34.4. The van der Waals surface area contributed by atoms with Crippen LogP contribution in [0.4, 0.5) is 30.6 Å². The number of Topliss-reactive ketones (excluding diaryl/α,β-unsaturated/α-hetero) is 3. The average molecular weight is 1500 g/mol. The highest BCUT2D eigenvalue weighted by atomic mass is 19.1. The van der Waals surface area contributed by atoms with Gasteiger partial charge in [0.25, 0.3) is 0 Å². The lowest BCUT2D eigenvalue weighted by molar-refractivity contribution is -0.128. The fourth-order valence-electron chi connectivity index (χ4n) is 14.5. The van der Waals surface area contributed by atoms with E-state index in [9.17, 15) is 41.9 Å². The molecule has 0 spiro atoms. The Hall–Kier alpha value is -13.2. The third kappa shape index (κ3) is 17.1. The van der Waals surface area contributed by atoms with Gasteiger partial charge in [0.05, 0.1) is 45.4 Å². The summed E-state index contributed by atoms with van der Waals surface area (Å²) in [6.07, 6.45) is 15.7. The zero-order valence-corrected chi connectivity index (χ0v) is 60.9. The van der Waals surface area contributed by atoms with Gasteiger partial charge in [0.1, 0.15) is 71.0 Å². The molecule has 6 aromatic carbocycles. The molecule has 3 fully saturated rings. The Morgan fingerprint density at radius 3 is 1.10 bits per heavy atom. The summed E-state index contributed by atoms with van der Waals surface area (Å²) in [7, 11) is 0. The maximum Gasteiger partial charge on any atom is 0.246 e. The maximum absolute atomic E-state index is 13.9. The third-order valence-electron chi connectivity index (χ3n) is 20.3. The lowest BCUT2D eigenvalue weighted by atomic mass is 10.0. The zero-order chi connectivity index (χ0) is 77.8. The molecule has 0 bridgehead atoms. The Labute approximate surface area is 637 Å². The van der Waals surface area contributed by atoms with Gasteiger partial charge in [-0.15, -0.1) is 0 Å². The van der Waals surface area contributed by atoms with Crippen LogP contribution in [0, 0.1) is 17.5 Å². The number of halogens is 3. The molecule has 24 nitrogen and oxygen atoms in total. The van der Waals surface area contributed by atoms with Crippen molar-refractivity contribution in [3.8, 4) is 33.8 Å². The number of hydrogen-bond donors (Lipinski definition) is 3. The molecule has 9 heterocycles. The highest BCUT2D eigenvalue weighted by molar-refractivity contribution is 6.02. The number of nitrogens with zero attached hydrogens (tertiary/aromatic N) is 15. The van der Waals surface area contributed by atoms with Gasteiger partial charge in [-0.1, -0.05) is 135 Å². The number of hydrogen-bond acceptors (Lipinski definition) is 18. The number of aryl methyl sites for hydroxylation is 3. The van der Waals surface area contributed by atoms with E-state index in [4.69, 9.17) is 32.5 Å². The number of amides is 3. The first kappa shape index (κ1) is 76.0. The van der Waals surface area contributed by atoms with E-state index in [1.807, 2.05) is 117 Å². The first-order chi connectivity index (χ1) is 53.9.